The zero-order valence-electron chi connectivity index (χ0n) is 15.9. The minimum Gasteiger partial charge on any atom is -0.307 e. The van der Waals surface area contributed by atoms with Crippen molar-refractivity contribution in [2.24, 2.45) is 0 Å². The van der Waals surface area contributed by atoms with Gasteiger partial charge in [-0.2, -0.15) is 0 Å². The molecule has 0 spiro atoms. The van der Waals surface area contributed by atoms with E-state index in [2.05, 4.69) is 58.2 Å². The topological polar surface area (TPSA) is 49.0 Å². The Morgan fingerprint density at radius 1 is 0.926 bits per heavy atom. The average Bonchev–Trinajstić information content (AvgIpc) is 3.22. The van der Waals surface area contributed by atoms with Gasteiger partial charge in [-0.25, -0.2) is 4.98 Å². The molecule has 1 saturated heterocycles. The maximum Gasteiger partial charge on any atom is 0.251 e. The fourth-order valence-corrected chi connectivity index (χ4v) is 3.83. The molecule has 0 bridgehead atoms. The van der Waals surface area contributed by atoms with Crippen molar-refractivity contribution in [3.05, 3.63) is 76.2 Å². The third-order valence-electron chi connectivity index (χ3n) is 5.44. The first-order valence-electron chi connectivity index (χ1n) is 9.63. The van der Waals surface area contributed by atoms with Crippen molar-refractivity contribution in [3.8, 4) is 22.5 Å². The second-order valence-electron chi connectivity index (χ2n) is 7.35. The second kappa shape index (κ2) is 7.49. The van der Waals surface area contributed by atoms with E-state index >= 15 is 0 Å². The highest BCUT2D eigenvalue weighted by Gasteiger charge is 2.19. The molecule has 4 heteroatoms. The van der Waals surface area contributed by atoms with E-state index < -0.39 is 0 Å². The molecule has 3 aromatic rings. The Labute approximate surface area is 159 Å². The molecule has 1 aromatic heterocycles. The van der Waals surface area contributed by atoms with E-state index in [4.69, 9.17) is 0 Å². The molecule has 1 unspecified atom stereocenters. The monoisotopic (exact) mass is 359 g/mol. The predicted octanol–water partition coefficient (Wildman–Crippen LogP) is 4.57. The lowest BCUT2D eigenvalue weighted by Gasteiger charge is -2.24. The first-order valence-corrected chi connectivity index (χ1v) is 9.63. The van der Waals surface area contributed by atoms with Gasteiger partial charge in [-0.1, -0.05) is 48.5 Å². The summed E-state index contributed by atoms with van der Waals surface area (Å²) in [4.78, 5) is 21.4. The molecule has 1 aliphatic heterocycles. The fraction of sp³-hybridized carbons (Fsp3) is 0.304. The minimum atomic E-state index is -0.121. The van der Waals surface area contributed by atoms with Crippen LogP contribution in [0.4, 0.5) is 0 Å². The van der Waals surface area contributed by atoms with Gasteiger partial charge >= 0.3 is 0 Å². The van der Waals surface area contributed by atoms with Gasteiger partial charge in [0.25, 0.3) is 5.56 Å². The van der Waals surface area contributed by atoms with Gasteiger partial charge in [-0.3, -0.25) is 9.69 Å². The smallest absolute Gasteiger partial charge is 0.251 e. The van der Waals surface area contributed by atoms with Gasteiger partial charge in [-0.05, 0) is 56.5 Å². The van der Waals surface area contributed by atoms with Crippen molar-refractivity contribution in [1.82, 2.24) is 14.9 Å². The molecule has 0 radical (unpaired) electrons. The molecule has 4 nitrogen and oxygen atoms in total. The van der Waals surface area contributed by atoms with Crippen molar-refractivity contribution in [2.45, 2.75) is 32.7 Å². The zero-order chi connectivity index (χ0) is 18.8. The molecule has 1 aliphatic rings. The number of aryl methyl sites for hydroxylation is 1. The van der Waals surface area contributed by atoms with Crippen LogP contribution in [0.3, 0.4) is 0 Å². The summed E-state index contributed by atoms with van der Waals surface area (Å²) in [6, 6.07) is 19.0. The lowest BCUT2D eigenvalue weighted by molar-refractivity contribution is 0.263. The Bertz CT molecular complexity index is 968. The van der Waals surface area contributed by atoms with Crippen LogP contribution in [-0.2, 0) is 0 Å². The number of rotatable bonds is 4. The minimum absolute atomic E-state index is 0.121. The standard InChI is InChI=1S/C23H25N3O/c1-16-15-22(27)25-23(24-16)21-11-9-20(10-12-21)19-7-5-18(6-8-19)17(2)26-13-3-4-14-26/h5-12,15,17H,3-4,13-14H2,1-2H3,(H,24,25,27). The number of hydrogen-bond acceptors (Lipinski definition) is 3. The Kier molecular flexibility index (Phi) is 4.90. The van der Waals surface area contributed by atoms with Gasteiger partial charge in [0.1, 0.15) is 5.82 Å². The van der Waals surface area contributed by atoms with E-state index in [1.165, 1.54) is 43.1 Å². The summed E-state index contributed by atoms with van der Waals surface area (Å²) in [7, 11) is 0. The van der Waals surface area contributed by atoms with Gasteiger partial charge < -0.3 is 4.98 Å². The van der Waals surface area contributed by atoms with Crippen molar-refractivity contribution in [3.63, 3.8) is 0 Å². The fourth-order valence-electron chi connectivity index (χ4n) is 3.83. The van der Waals surface area contributed by atoms with Crippen LogP contribution in [0.5, 0.6) is 0 Å². The number of H-pyrrole nitrogens is 1. The van der Waals surface area contributed by atoms with Crippen LogP contribution in [-0.4, -0.2) is 28.0 Å². The third kappa shape index (κ3) is 3.86. The summed E-state index contributed by atoms with van der Waals surface area (Å²) in [5, 5.41) is 0. The van der Waals surface area contributed by atoms with Gasteiger partial charge in [0.15, 0.2) is 0 Å². The highest BCUT2D eigenvalue weighted by molar-refractivity contribution is 5.68. The van der Waals surface area contributed by atoms with E-state index in [0.29, 0.717) is 11.9 Å². The summed E-state index contributed by atoms with van der Waals surface area (Å²) in [5.74, 6) is 0.612. The van der Waals surface area contributed by atoms with E-state index in [1.54, 1.807) is 0 Å². The van der Waals surface area contributed by atoms with Crippen LogP contribution in [0, 0.1) is 6.92 Å². The van der Waals surface area contributed by atoms with Crippen molar-refractivity contribution in [1.29, 1.82) is 0 Å². The molecule has 4 rings (SSSR count). The quantitative estimate of drug-likeness (QED) is 0.742. The first kappa shape index (κ1) is 17.7. The number of nitrogens with one attached hydrogen (secondary N) is 1. The van der Waals surface area contributed by atoms with Gasteiger partial charge in [0.05, 0.1) is 0 Å². The highest BCUT2D eigenvalue weighted by Crippen LogP contribution is 2.28. The Morgan fingerprint density at radius 3 is 2.07 bits per heavy atom. The van der Waals surface area contributed by atoms with Crippen LogP contribution >= 0.6 is 0 Å². The van der Waals surface area contributed by atoms with E-state index in [1.807, 2.05) is 19.1 Å². The molecule has 0 amide bonds. The lowest BCUT2D eigenvalue weighted by atomic mass is 10.00. The molecule has 0 aliphatic carbocycles. The average molecular weight is 359 g/mol. The largest absolute Gasteiger partial charge is 0.307 e. The molecule has 2 aromatic carbocycles. The number of likely N-dealkylation sites (tertiary alicyclic amines) is 1. The molecular formula is C23H25N3O. The SMILES string of the molecule is Cc1cc(=O)[nH]c(-c2ccc(-c3ccc(C(C)N4CCCC4)cc3)cc2)n1. The van der Waals surface area contributed by atoms with Crippen molar-refractivity contribution < 1.29 is 0 Å². The molecular weight excluding hydrogens is 334 g/mol. The summed E-state index contributed by atoms with van der Waals surface area (Å²) >= 11 is 0. The number of hydrogen-bond donors (Lipinski definition) is 1. The molecule has 0 saturated carbocycles. The van der Waals surface area contributed by atoms with Crippen LogP contribution in [0.2, 0.25) is 0 Å². The maximum atomic E-state index is 11.7. The van der Waals surface area contributed by atoms with Crippen molar-refractivity contribution >= 4 is 0 Å². The molecule has 1 fully saturated rings. The summed E-state index contributed by atoms with van der Waals surface area (Å²) in [6.07, 6.45) is 2.63. The third-order valence-corrected chi connectivity index (χ3v) is 5.44. The number of benzene rings is 2. The molecule has 27 heavy (non-hydrogen) atoms. The molecule has 2 heterocycles. The number of aromatic nitrogens is 2. The second-order valence-corrected chi connectivity index (χ2v) is 7.35. The molecule has 1 atom stereocenters. The van der Waals surface area contributed by atoms with Crippen LogP contribution in [0.15, 0.2) is 59.4 Å². The predicted molar refractivity (Wildman–Crippen MR) is 110 cm³/mol. The lowest BCUT2D eigenvalue weighted by Crippen LogP contribution is -2.23. The van der Waals surface area contributed by atoms with Gasteiger partial charge in [-0.15, -0.1) is 0 Å². The molecule has 1 N–H and O–H groups in total. The Morgan fingerprint density at radius 2 is 1.48 bits per heavy atom. The first-order chi connectivity index (χ1) is 13.1. The van der Waals surface area contributed by atoms with Crippen LogP contribution in [0.25, 0.3) is 22.5 Å². The van der Waals surface area contributed by atoms with Crippen molar-refractivity contribution in [2.75, 3.05) is 13.1 Å². The van der Waals surface area contributed by atoms with Crippen LogP contribution in [0.1, 0.15) is 37.1 Å². The van der Waals surface area contributed by atoms with Gasteiger partial charge in [0, 0.05) is 23.4 Å². The zero-order valence-corrected chi connectivity index (χ0v) is 15.9. The number of aromatic amines is 1. The van der Waals surface area contributed by atoms with Gasteiger partial charge in [0.2, 0.25) is 0 Å². The van der Waals surface area contributed by atoms with E-state index in [9.17, 15) is 4.79 Å². The van der Waals surface area contributed by atoms with E-state index in [-0.39, 0.29) is 5.56 Å². The summed E-state index contributed by atoms with van der Waals surface area (Å²) in [5.41, 5.74) is 5.25. The Balaban J connectivity index is 1.54. The highest BCUT2D eigenvalue weighted by atomic mass is 16.1. The van der Waals surface area contributed by atoms with Crippen LogP contribution < -0.4 is 5.56 Å². The molecule has 138 valence electrons. The summed E-state index contributed by atoms with van der Waals surface area (Å²) in [6.45, 7) is 6.54. The normalized spacial score (nSPS) is 15.8. The summed E-state index contributed by atoms with van der Waals surface area (Å²) < 4.78 is 0. The number of nitrogens with zero attached hydrogens (tertiary/aromatic N) is 2. The van der Waals surface area contributed by atoms with E-state index in [0.717, 1.165) is 16.8 Å². The Hall–Kier alpha value is -2.72. The maximum absolute atomic E-state index is 11.7.